The van der Waals surface area contributed by atoms with Crippen molar-refractivity contribution in [2.45, 2.75) is 13.0 Å². The molecule has 1 unspecified atom stereocenters. The number of aromatic nitrogens is 1. The van der Waals surface area contributed by atoms with Crippen molar-refractivity contribution in [3.05, 3.63) is 39.3 Å². The Bertz CT molecular complexity index is 505. The Kier molecular flexibility index (Phi) is 4.05. The summed E-state index contributed by atoms with van der Waals surface area (Å²) in [7, 11) is 1.92. The van der Waals surface area contributed by atoms with Crippen molar-refractivity contribution in [2.24, 2.45) is 0 Å². The largest absolute Gasteiger partial charge is 0.312 e. The van der Waals surface area contributed by atoms with Crippen LogP contribution in [0.1, 0.15) is 18.7 Å². The van der Waals surface area contributed by atoms with Crippen molar-refractivity contribution in [1.29, 1.82) is 0 Å². The van der Waals surface area contributed by atoms with Gasteiger partial charge in [0.05, 0.1) is 5.69 Å². The predicted octanol–water partition coefficient (Wildman–Crippen LogP) is 4.40. The van der Waals surface area contributed by atoms with Crippen molar-refractivity contribution in [3.63, 3.8) is 0 Å². The van der Waals surface area contributed by atoms with Gasteiger partial charge in [-0.3, -0.25) is 0 Å². The van der Waals surface area contributed by atoms with Gasteiger partial charge in [0.2, 0.25) is 0 Å². The lowest BCUT2D eigenvalue weighted by atomic mass is 10.2. The van der Waals surface area contributed by atoms with E-state index < -0.39 is 0 Å². The quantitative estimate of drug-likeness (QED) is 0.905. The summed E-state index contributed by atoms with van der Waals surface area (Å²) in [5.74, 6) is 0. The van der Waals surface area contributed by atoms with Gasteiger partial charge in [0.15, 0.2) is 0 Å². The van der Waals surface area contributed by atoms with Gasteiger partial charge in [-0.05, 0) is 32.2 Å². The van der Waals surface area contributed by atoms with Gasteiger partial charge in [0.25, 0.3) is 0 Å². The van der Waals surface area contributed by atoms with E-state index in [1.165, 1.54) is 0 Å². The first-order valence-corrected chi connectivity index (χ1v) is 6.83. The van der Waals surface area contributed by atoms with Gasteiger partial charge < -0.3 is 5.32 Å². The molecule has 0 saturated carbocycles. The smallest absolute Gasteiger partial charge is 0.123 e. The number of nitrogens with one attached hydrogen (secondary N) is 1. The standard InChI is InChI=1S/C12H12Cl2N2S/c1-7(15-2)11-6-17-12(16-11)8-3-9(13)5-10(14)4-8/h3-7,15H,1-2H3. The Balaban J connectivity index is 2.36. The van der Waals surface area contributed by atoms with E-state index in [4.69, 9.17) is 23.2 Å². The molecule has 0 aliphatic rings. The van der Waals surface area contributed by atoms with Gasteiger partial charge in [-0.15, -0.1) is 11.3 Å². The molecule has 1 atom stereocenters. The number of hydrogen-bond acceptors (Lipinski definition) is 3. The third kappa shape index (κ3) is 2.99. The Morgan fingerprint density at radius 2 is 1.88 bits per heavy atom. The SMILES string of the molecule is CNC(C)c1csc(-c2cc(Cl)cc(Cl)c2)n1. The second-order valence-electron chi connectivity index (χ2n) is 3.75. The lowest BCUT2D eigenvalue weighted by molar-refractivity contribution is 0.637. The van der Waals surface area contributed by atoms with E-state index in [1.807, 2.05) is 24.6 Å². The van der Waals surface area contributed by atoms with E-state index in [-0.39, 0.29) is 6.04 Å². The molecule has 1 aromatic heterocycles. The van der Waals surface area contributed by atoms with Crippen molar-refractivity contribution < 1.29 is 0 Å². The number of benzene rings is 1. The van der Waals surface area contributed by atoms with E-state index in [9.17, 15) is 0 Å². The molecule has 2 aromatic rings. The maximum atomic E-state index is 5.98. The molecule has 5 heteroatoms. The van der Waals surface area contributed by atoms with E-state index in [0.29, 0.717) is 10.0 Å². The highest BCUT2D eigenvalue weighted by atomic mass is 35.5. The van der Waals surface area contributed by atoms with Gasteiger partial charge in [-0.1, -0.05) is 23.2 Å². The molecule has 0 aliphatic heterocycles. The third-order valence-corrected chi connectivity index (χ3v) is 3.85. The van der Waals surface area contributed by atoms with Crippen LogP contribution in [-0.4, -0.2) is 12.0 Å². The van der Waals surface area contributed by atoms with Gasteiger partial charge in [-0.25, -0.2) is 4.98 Å². The summed E-state index contributed by atoms with van der Waals surface area (Å²) in [5, 5.41) is 7.41. The summed E-state index contributed by atoms with van der Waals surface area (Å²) >= 11 is 13.5. The zero-order valence-electron chi connectivity index (χ0n) is 9.50. The normalized spacial score (nSPS) is 12.7. The highest BCUT2D eigenvalue weighted by molar-refractivity contribution is 7.13. The fourth-order valence-corrected chi connectivity index (χ4v) is 2.87. The zero-order valence-corrected chi connectivity index (χ0v) is 11.8. The molecule has 1 heterocycles. The number of thiazole rings is 1. The molecule has 0 spiro atoms. The van der Waals surface area contributed by atoms with Crippen LogP contribution in [0.5, 0.6) is 0 Å². The summed E-state index contributed by atoms with van der Waals surface area (Å²) in [6.07, 6.45) is 0. The summed E-state index contributed by atoms with van der Waals surface area (Å²) in [6.45, 7) is 2.07. The van der Waals surface area contributed by atoms with Crippen LogP contribution in [0.15, 0.2) is 23.6 Å². The van der Waals surface area contributed by atoms with Crippen LogP contribution in [-0.2, 0) is 0 Å². The number of halogens is 2. The number of hydrogen-bond donors (Lipinski definition) is 1. The van der Waals surface area contributed by atoms with E-state index in [2.05, 4.69) is 17.2 Å². The maximum absolute atomic E-state index is 5.98. The second-order valence-corrected chi connectivity index (χ2v) is 5.48. The molecule has 0 fully saturated rings. The lowest BCUT2D eigenvalue weighted by Gasteiger charge is -2.05. The monoisotopic (exact) mass is 286 g/mol. The summed E-state index contributed by atoms with van der Waals surface area (Å²) in [6, 6.07) is 5.71. The molecule has 90 valence electrons. The molecule has 0 bridgehead atoms. The van der Waals surface area contributed by atoms with Crippen LogP contribution in [0.3, 0.4) is 0 Å². The van der Waals surface area contributed by atoms with Crippen molar-refractivity contribution >= 4 is 34.5 Å². The van der Waals surface area contributed by atoms with Crippen LogP contribution in [0.2, 0.25) is 10.0 Å². The minimum absolute atomic E-state index is 0.245. The van der Waals surface area contributed by atoms with Crippen LogP contribution in [0.4, 0.5) is 0 Å². The molecular weight excluding hydrogens is 275 g/mol. The maximum Gasteiger partial charge on any atom is 0.123 e. The van der Waals surface area contributed by atoms with Crippen LogP contribution >= 0.6 is 34.5 Å². The van der Waals surface area contributed by atoms with Crippen LogP contribution in [0, 0.1) is 0 Å². The first-order chi connectivity index (χ1) is 8.10. The number of nitrogens with zero attached hydrogens (tertiary/aromatic N) is 1. The van der Waals surface area contributed by atoms with Gasteiger partial charge >= 0.3 is 0 Å². The fraction of sp³-hybridized carbons (Fsp3) is 0.250. The zero-order chi connectivity index (χ0) is 12.4. The average molecular weight is 287 g/mol. The summed E-state index contributed by atoms with van der Waals surface area (Å²) in [5.41, 5.74) is 1.99. The first kappa shape index (κ1) is 12.8. The Hall–Kier alpha value is -0.610. The van der Waals surface area contributed by atoms with Crippen molar-refractivity contribution in [2.75, 3.05) is 7.05 Å². The molecule has 1 N–H and O–H groups in total. The van der Waals surface area contributed by atoms with Crippen molar-refractivity contribution in [3.8, 4) is 10.6 Å². The highest BCUT2D eigenvalue weighted by Crippen LogP contribution is 2.30. The minimum atomic E-state index is 0.245. The van der Waals surface area contributed by atoms with Gasteiger partial charge in [-0.2, -0.15) is 0 Å². The number of rotatable bonds is 3. The molecule has 1 aromatic carbocycles. The van der Waals surface area contributed by atoms with Crippen LogP contribution in [0.25, 0.3) is 10.6 Å². The molecular formula is C12H12Cl2N2S. The topological polar surface area (TPSA) is 24.9 Å². The molecule has 0 amide bonds. The van der Waals surface area contributed by atoms with Crippen LogP contribution < -0.4 is 5.32 Å². The van der Waals surface area contributed by atoms with Crippen molar-refractivity contribution in [1.82, 2.24) is 10.3 Å². The molecule has 17 heavy (non-hydrogen) atoms. The summed E-state index contributed by atoms with van der Waals surface area (Å²) in [4.78, 5) is 4.57. The Labute approximate surface area is 115 Å². The van der Waals surface area contributed by atoms with Gasteiger partial charge in [0, 0.05) is 27.0 Å². The van der Waals surface area contributed by atoms with E-state index >= 15 is 0 Å². The molecule has 0 radical (unpaired) electrons. The molecule has 0 aliphatic carbocycles. The predicted molar refractivity (Wildman–Crippen MR) is 75.0 cm³/mol. The van der Waals surface area contributed by atoms with Gasteiger partial charge in [0.1, 0.15) is 5.01 Å². The lowest BCUT2D eigenvalue weighted by Crippen LogP contribution is -2.12. The Morgan fingerprint density at radius 1 is 1.24 bits per heavy atom. The van der Waals surface area contributed by atoms with E-state index in [1.54, 1.807) is 17.4 Å². The fourth-order valence-electron chi connectivity index (χ4n) is 1.44. The highest BCUT2D eigenvalue weighted by Gasteiger charge is 2.10. The third-order valence-electron chi connectivity index (χ3n) is 2.51. The Morgan fingerprint density at radius 3 is 2.47 bits per heavy atom. The molecule has 2 nitrogen and oxygen atoms in total. The molecule has 0 saturated heterocycles. The minimum Gasteiger partial charge on any atom is -0.312 e. The average Bonchev–Trinajstić information content (AvgIpc) is 2.76. The second kappa shape index (κ2) is 5.36. The molecule has 2 rings (SSSR count). The first-order valence-electron chi connectivity index (χ1n) is 5.19. The van der Waals surface area contributed by atoms with E-state index in [0.717, 1.165) is 16.3 Å². The summed E-state index contributed by atoms with van der Waals surface area (Å²) < 4.78 is 0.